The number of hydrogen-bond donors (Lipinski definition) is 3. The number of aliphatic hydroxyl groups is 1. The Morgan fingerprint density at radius 3 is 2.48 bits per heavy atom. The molecule has 0 amide bonds. The predicted molar refractivity (Wildman–Crippen MR) is 116 cm³/mol. The molecule has 0 aliphatic heterocycles. The second-order valence-corrected chi connectivity index (χ2v) is 7.58. The maximum Gasteiger partial charge on any atom is 0.303 e. The number of rotatable bonds is 16. The van der Waals surface area contributed by atoms with Crippen molar-refractivity contribution in [3.8, 4) is 11.5 Å². The van der Waals surface area contributed by atoms with Gasteiger partial charge >= 0.3 is 5.97 Å². The first-order valence-electron chi connectivity index (χ1n) is 10.2. The summed E-state index contributed by atoms with van der Waals surface area (Å²) >= 11 is 0. The molecule has 0 bridgehead atoms. The minimum Gasteiger partial charge on any atom is -0.504 e. The van der Waals surface area contributed by atoms with Crippen LogP contribution in [0.2, 0.25) is 0 Å². The molecule has 0 spiro atoms. The molecule has 0 fully saturated rings. The molecule has 0 saturated heterocycles. The molecular formula is C22H35NO8. The molecule has 1 unspecified atom stereocenters. The van der Waals surface area contributed by atoms with Gasteiger partial charge in [0.25, 0.3) is 0 Å². The Morgan fingerprint density at radius 1 is 1.19 bits per heavy atom. The summed E-state index contributed by atoms with van der Waals surface area (Å²) in [6.45, 7) is 11.6. The second kappa shape index (κ2) is 13.7. The van der Waals surface area contributed by atoms with Gasteiger partial charge in [-0.1, -0.05) is 27.4 Å². The van der Waals surface area contributed by atoms with Crippen LogP contribution in [0.15, 0.2) is 30.5 Å². The number of phenols is 1. The van der Waals surface area contributed by atoms with E-state index >= 15 is 0 Å². The van der Waals surface area contributed by atoms with Crippen molar-refractivity contribution in [2.75, 3.05) is 38.7 Å². The van der Waals surface area contributed by atoms with E-state index in [1.54, 1.807) is 12.1 Å². The third-order valence-corrected chi connectivity index (χ3v) is 4.57. The highest BCUT2D eigenvalue weighted by molar-refractivity contribution is 5.66. The van der Waals surface area contributed by atoms with Crippen molar-refractivity contribution in [1.82, 2.24) is 0 Å². The minimum absolute atomic E-state index is 0.000335. The van der Waals surface area contributed by atoms with Crippen molar-refractivity contribution in [2.45, 2.75) is 46.8 Å². The van der Waals surface area contributed by atoms with E-state index in [1.807, 2.05) is 20.8 Å². The molecule has 1 rings (SSSR count). The van der Waals surface area contributed by atoms with E-state index in [0.717, 1.165) is 6.42 Å². The zero-order valence-electron chi connectivity index (χ0n) is 18.8. The van der Waals surface area contributed by atoms with E-state index in [9.17, 15) is 15.0 Å². The number of anilines is 1. The Morgan fingerprint density at radius 2 is 1.87 bits per heavy atom. The average Bonchev–Trinajstić information content (AvgIpc) is 2.72. The lowest BCUT2D eigenvalue weighted by molar-refractivity contribution is -0.141. The molecule has 0 saturated carbocycles. The zero-order valence-corrected chi connectivity index (χ0v) is 18.8. The Bertz CT molecular complexity index is 692. The lowest BCUT2D eigenvalue weighted by Crippen LogP contribution is -2.35. The molecule has 0 aliphatic carbocycles. The van der Waals surface area contributed by atoms with Crippen LogP contribution in [0.3, 0.4) is 0 Å². The third kappa shape index (κ3) is 10.9. The fourth-order valence-corrected chi connectivity index (χ4v) is 2.11. The fraction of sp³-hybridized carbons (Fsp3) is 0.591. The van der Waals surface area contributed by atoms with Crippen LogP contribution in [0.5, 0.6) is 11.5 Å². The Hall–Kier alpha value is -2.49. The monoisotopic (exact) mass is 441 g/mol. The van der Waals surface area contributed by atoms with Crippen LogP contribution in [-0.2, 0) is 23.7 Å². The van der Waals surface area contributed by atoms with E-state index in [-0.39, 0.29) is 37.1 Å². The summed E-state index contributed by atoms with van der Waals surface area (Å²) in [5.74, 6) is 0.139. The molecule has 3 N–H and O–H groups in total. The van der Waals surface area contributed by atoms with Crippen molar-refractivity contribution in [2.24, 2.45) is 5.41 Å². The van der Waals surface area contributed by atoms with E-state index in [1.165, 1.54) is 13.0 Å². The largest absolute Gasteiger partial charge is 0.504 e. The number of carbonyl (C=O) groups is 1. The first kappa shape index (κ1) is 26.5. The maximum atomic E-state index is 10.7. The maximum absolute atomic E-state index is 10.7. The number of nitrogens with one attached hydrogen (secondary N) is 1. The van der Waals surface area contributed by atoms with E-state index < -0.39 is 12.2 Å². The van der Waals surface area contributed by atoms with Crippen molar-refractivity contribution >= 4 is 11.7 Å². The zero-order chi connectivity index (χ0) is 23.3. The molecule has 31 heavy (non-hydrogen) atoms. The summed E-state index contributed by atoms with van der Waals surface area (Å²) in [6.07, 6.45) is 0.671. The van der Waals surface area contributed by atoms with E-state index in [2.05, 4.69) is 11.9 Å². The topological polar surface area (TPSA) is 116 Å². The van der Waals surface area contributed by atoms with Crippen molar-refractivity contribution in [3.05, 3.63) is 30.5 Å². The van der Waals surface area contributed by atoms with Gasteiger partial charge in [-0.25, -0.2) is 0 Å². The number of esters is 1. The van der Waals surface area contributed by atoms with Gasteiger partial charge in [-0.15, -0.1) is 0 Å². The number of hydrogen-bond acceptors (Lipinski definition) is 9. The number of phenolic OH excluding ortho intramolecular Hbond substituents is 1. The highest BCUT2D eigenvalue weighted by Crippen LogP contribution is 2.31. The molecular weight excluding hydrogens is 406 g/mol. The summed E-state index contributed by atoms with van der Waals surface area (Å²) in [4.78, 5) is 10.7. The van der Waals surface area contributed by atoms with Gasteiger partial charge < -0.3 is 39.2 Å². The molecule has 0 aliphatic rings. The van der Waals surface area contributed by atoms with Gasteiger partial charge in [0.1, 0.15) is 18.6 Å². The molecule has 1 atom stereocenters. The highest BCUT2D eigenvalue weighted by Gasteiger charge is 2.25. The SMILES string of the molecule is C=C(COC(C)=O)OCOCCCOCOc1ccc(NC(O)C(C)(C)CC)cc1O. The van der Waals surface area contributed by atoms with Crippen LogP contribution in [0.4, 0.5) is 5.69 Å². The molecule has 0 heterocycles. The molecule has 176 valence electrons. The normalized spacial score (nSPS) is 12.2. The Balaban J connectivity index is 2.17. The first-order chi connectivity index (χ1) is 14.7. The number of aromatic hydroxyl groups is 1. The molecule has 0 aromatic heterocycles. The van der Waals surface area contributed by atoms with Gasteiger partial charge in [-0.3, -0.25) is 4.79 Å². The Labute approximate surface area is 183 Å². The molecule has 9 heteroatoms. The number of ether oxygens (including phenoxy) is 5. The van der Waals surface area contributed by atoms with Gasteiger partial charge in [-0.2, -0.15) is 0 Å². The fourth-order valence-electron chi connectivity index (χ4n) is 2.11. The summed E-state index contributed by atoms with van der Waals surface area (Å²) in [7, 11) is 0. The standard InChI is InChI=1S/C22H35NO8/c1-6-22(4,5)21(26)23-18-8-9-20(19(25)12-18)31-15-28-11-7-10-27-14-30-16(2)13-29-17(3)24/h8-9,12,21,23,25-26H,2,6-7,10-11,13-15H2,1,3-5H3. The Kier molecular flexibility index (Phi) is 11.8. The van der Waals surface area contributed by atoms with Crippen LogP contribution in [-0.4, -0.2) is 55.8 Å². The van der Waals surface area contributed by atoms with Crippen LogP contribution < -0.4 is 10.1 Å². The van der Waals surface area contributed by atoms with Gasteiger partial charge in [0.2, 0.25) is 0 Å². The molecule has 1 aromatic carbocycles. The van der Waals surface area contributed by atoms with Crippen LogP contribution in [0, 0.1) is 5.41 Å². The van der Waals surface area contributed by atoms with Crippen LogP contribution in [0.1, 0.15) is 40.5 Å². The van der Waals surface area contributed by atoms with Gasteiger partial charge in [0, 0.05) is 24.1 Å². The summed E-state index contributed by atoms with van der Waals surface area (Å²) in [5.41, 5.74) is 0.293. The van der Waals surface area contributed by atoms with E-state index in [4.69, 9.17) is 23.7 Å². The number of carbonyl (C=O) groups excluding carboxylic acids is 1. The van der Waals surface area contributed by atoms with Gasteiger partial charge in [0.15, 0.2) is 25.1 Å². The first-order valence-corrected chi connectivity index (χ1v) is 10.2. The number of benzene rings is 1. The number of aliphatic hydroxyl groups excluding tert-OH is 1. The summed E-state index contributed by atoms with van der Waals surface area (Å²) in [6, 6.07) is 4.82. The second-order valence-electron chi connectivity index (χ2n) is 7.58. The van der Waals surface area contributed by atoms with Gasteiger partial charge in [-0.05, 0) is 25.0 Å². The van der Waals surface area contributed by atoms with Crippen LogP contribution >= 0.6 is 0 Å². The quantitative estimate of drug-likeness (QED) is 0.154. The molecule has 0 radical (unpaired) electrons. The smallest absolute Gasteiger partial charge is 0.303 e. The van der Waals surface area contributed by atoms with Crippen molar-refractivity contribution < 1.29 is 38.7 Å². The lowest BCUT2D eigenvalue weighted by atomic mass is 9.88. The predicted octanol–water partition coefficient (Wildman–Crippen LogP) is 3.37. The molecule has 1 aromatic rings. The van der Waals surface area contributed by atoms with Gasteiger partial charge in [0.05, 0.1) is 13.2 Å². The lowest BCUT2D eigenvalue weighted by Gasteiger charge is -2.30. The average molecular weight is 442 g/mol. The van der Waals surface area contributed by atoms with Crippen molar-refractivity contribution in [1.29, 1.82) is 0 Å². The minimum atomic E-state index is -0.744. The summed E-state index contributed by atoms with van der Waals surface area (Å²) in [5, 5.41) is 23.3. The highest BCUT2D eigenvalue weighted by atomic mass is 16.7. The van der Waals surface area contributed by atoms with E-state index in [0.29, 0.717) is 31.1 Å². The van der Waals surface area contributed by atoms with Crippen LogP contribution in [0.25, 0.3) is 0 Å². The molecule has 9 nitrogen and oxygen atoms in total. The third-order valence-electron chi connectivity index (χ3n) is 4.57. The summed E-state index contributed by atoms with van der Waals surface area (Å²) < 4.78 is 25.9. The van der Waals surface area contributed by atoms with Crippen molar-refractivity contribution in [3.63, 3.8) is 0 Å².